The van der Waals surface area contributed by atoms with Gasteiger partial charge < -0.3 is 20.1 Å². The van der Waals surface area contributed by atoms with E-state index in [-0.39, 0.29) is 24.4 Å². The van der Waals surface area contributed by atoms with Crippen molar-refractivity contribution in [2.75, 3.05) is 20.3 Å². The first kappa shape index (κ1) is 20.9. The van der Waals surface area contributed by atoms with Crippen LogP contribution in [0.5, 0.6) is 5.75 Å². The summed E-state index contributed by atoms with van der Waals surface area (Å²) < 4.78 is 10.5. The number of nitrogens with one attached hydrogen (secondary N) is 2. The molecule has 0 aromatic heterocycles. The lowest BCUT2D eigenvalue weighted by Gasteiger charge is -2.30. The molecule has 162 valence electrons. The van der Waals surface area contributed by atoms with Gasteiger partial charge in [0.15, 0.2) is 0 Å². The number of benzene rings is 2. The monoisotopic (exact) mass is 423 g/mol. The standard InChI is InChI=1S/C23H25N3O5/c1-30-19-4-2-3-17(13-19)14-24-20(27)18-7-5-16(6-8-18)15-26-21(28)23(25-22(26)29)9-11-31-12-10-23/h2-8,13H,9-12,14-15H2,1H3,(H,24,27)(H,25,29). The zero-order valence-corrected chi connectivity index (χ0v) is 17.3. The van der Waals surface area contributed by atoms with E-state index in [9.17, 15) is 14.4 Å². The molecular weight excluding hydrogens is 398 g/mol. The van der Waals surface area contributed by atoms with Crippen molar-refractivity contribution in [2.45, 2.75) is 31.5 Å². The van der Waals surface area contributed by atoms with E-state index in [0.29, 0.717) is 38.2 Å². The third kappa shape index (κ3) is 4.39. The molecule has 0 unspecified atom stereocenters. The molecule has 0 atom stereocenters. The summed E-state index contributed by atoms with van der Waals surface area (Å²) >= 11 is 0. The normalized spacial score (nSPS) is 17.5. The third-order valence-electron chi connectivity index (χ3n) is 5.74. The second kappa shape index (κ2) is 8.77. The van der Waals surface area contributed by atoms with E-state index in [0.717, 1.165) is 16.9 Å². The van der Waals surface area contributed by atoms with Crippen LogP contribution >= 0.6 is 0 Å². The van der Waals surface area contributed by atoms with E-state index < -0.39 is 5.54 Å². The third-order valence-corrected chi connectivity index (χ3v) is 5.74. The molecule has 0 radical (unpaired) electrons. The number of rotatable bonds is 6. The highest BCUT2D eigenvalue weighted by Gasteiger charge is 2.51. The first-order valence-electron chi connectivity index (χ1n) is 10.2. The summed E-state index contributed by atoms with van der Waals surface area (Å²) in [6.07, 6.45) is 0.973. The van der Waals surface area contributed by atoms with Gasteiger partial charge >= 0.3 is 6.03 Å². The predicted octanol–water partition coefficient (Wildman–Crippen LogP) is 2.23. The van der Waals surface area contributed by atoms with Crippen molar-refractivity contribution in [3.63, 3.8) is 0 Å². The van der Waals surface area contributed by atoms with Crippen LogP contribution in [0.2, 0.25) is 0 Å². The maximum Gasteiger partial charge on any atom is 0.325 e. The van der Waals surface area contributed by atoms with Gasteiger partial charge in [0.25, 0.3) is 11.8 Å². The van der Waals surface area contributed by atoms with E-state index in [1.807, 2.05) is 24.3 Å². The molecule has 2 N–H and O–H groups in total. The van der Waals surface area contributed by atoms with E-state index in [1.165, 1.54) is 4.90 Å². The fraction of sp³-hybridized carbons (Fsp3) is 0.348. The maximum atomic E-state index is 12.9. The van der Waals surface area contributed by atoms with Gasteiger partial charge in [-0.25, -0.2) is 4.79 Å². The molecule has 0 aliphatic carbocycles. The van der Waals surface area contributed by atoms with Crippen LogP contribution in [0.15, 0.2) is 48.5 Å². The Morgan fingerprint density at radius 2 is 1.87 bits per heavy atom. The Labute approximate surface area is 180 Å². The molecule has 4 amide bonds. The van der Waals surface area contributed by atoms with Gasteiger partial charge in [0.1, 0.15) is 11.3 Å². The van der Waals surface area contributed by atoms with Crippen LogP contribution in [0.4, 0.5) is 4.79 Å². The second-order valence-electron chi connectivity index (χ2n) is 7.75. The van der Waals surface area contributed by atoms with Gasteiger partial charge in [0, 0.05) is 38.2 Å². The van der Waals surface area contributed by atoms with Crippen molar-refractivity contribution in [1.29, 1.82) is 0 Å². The van der Waals surface area contributed by atoms with Crippen LogP contribution in [0, 0.1) is 0 Å². The Kier molecular flexibility index (Phi) is 5.90. The fourth-order valence-corrected chi connectivity index (χ4v) is 3.89. The number of nitrogens with zero attached hydrogens (tertiary/aromatic N) is 1. The van der Waals surface area contributed by atoms with Crippen LogP contribution < -0.4 is 15.4 Å². The van der Waals surface area contributed by atoms with Gasteiger partial charge in [-0.3, -0.25) is 14.5 Å². The Bertz CT molecular complexity index is 983. The van der Waals surface area contributed by atoms with Crippen LogP contribution in [0.3, 0.4) is 0 Å². The number of methoxy groups -OCH3 is 1. The lowest BCUT2D eigenvalue weighted by Crippen LogP contribution is -2.51. The van der Waals surface area contributed by atoms with Crippen LogP contribution in [-0.4, -0.2) is 48.6 Å². The molecule has 4 rings (SSSR count). The molecule has 2 saturated heterocycles. The Hall–Kier alpha value is -3.39. The van der Waals surface area contributed by atoms with E-state index in [2.05, 4.69) is 10.6 Å². The summed E-state index contributed by atoms with van der Waals surface area (Å²) in [5.41, 5.74) is 1.38. The molecule has 2 aromatic rings. The van der Waals surface area contributed by atoms with Crippen molar-refractivity contribution in [3.05, 3.63) is 65.2 Å². The lowest BCUT2D eigenvalue weighted by atomic mass is 9.90. The number of carbonyl (C=O) groups is 3. The van der Waals surface area contributed by atoms with Gasteiger partial charge in [-0.05, 0) is 35.4 Å². The number of hydrogen-bond acceptors (Lipinski definition) is 5. The lowest BCUT2D eigenvalue weighted by molar-refractivity contribution is -0.134. The van der Waals surface area contributed by atoms with Gasteiger partial charge in [-0.15, -0.1) is 0 Å². The summed E-state index contributed by atoms with van der Waals surface area (Å²) in [7, 11) is 1.60. The molecular formula is C23H25N3O5. The molecule has 2 aromatic carbocycles. The Morgan fingerprint density at radius 3 is 2.58 bits per heavy atom. The van der Waals surface area contributed by atoms with E-state index >= 15 is 0 Å². The molecule has 1 spiro atoms. The summed E-state index contributed by atoms with van der Waals surface area (Å²) in [6.45, 7) is 1.46. The minimum absolute atomic E-state index is 0.166. The van der Waals surface area contributed by atoms with Gasteiger partial charge in [-0.1, -0.05) is 24.3 Å². The molecule has 2 heterocycles. The number of carbonyl (C=O) groups excluding carboxylic acids is 3. The van der Waals surface area contributed by atoms with Crippen molar-refractivity contribution in [2.24, 2.45) is 0 Å². The van der Waals surface area contributed by atoms with Crippen molar-refractivity contribution in [1.82, 2.24) is 15.5 Å². The van der Waals surface area contributed by atoms with E-state index in [1.54, 1.807) is 31.4 Å². The van der Waals surface area contributed by atoms with Crippen LogP contribution in [0.1, 0.15) is 34.3 Å². The zero-order chi connectivity index (χ0) is 21.8. The number of hydrogen-bond donors (Lipinski definition) is 2. The van der Waals surface area contributed by atoms with Gasteiger partial charge in [-0.2, -0.15) is 0 Å². The van der Waals surface area contributed by atoms with E-state index in [4.69, 9.17) is 9.47 Å². The number of ether oxygens (including phenoxy) is 2. The summed E-state index contributed by atoms with van der Waals surface area (Å²) in [4.78, 5) is 38.9. The summed E-state index contributed by atoms with van der Waals surface area (Å²) in [5, 5.41) is 5.72. The molecule has 2 fully saturated rings. The maximum absolute atomic E-state index is 12.9. The molecule has 31 heavy (non-hydrogen) atoms. The minimum atomic E-state index is -0.838. The largest absolute Gasteiger partial charge is 0.497 e. The Balaban J connectivity index is 1.36. The second-order valence-corrected chi connectivity index (χ2v) is 7.75. The first-order valence-corrected chi connectivity index (χ1v) is 10.2. The number of amides is 4. The van der Waals surface area contributed by atoms with Crippen molar-refractivity contribution >= 4 is 17.8 Å². The highest BCUT2D eigenvalue weighted by Crippen LogP contribution is 2.29. The molecule has 2 aliphatic rings. The van der Waals surface area contributed by atoms with Gasteiger partial charge in [0.05, 0.1) is 13.7 Å². The summed E-state index contributed by atoms with van der Waals surface area (Å²) in [5.74, 6) is 0.325. The topological polar surface area (TPSA) is 97.0 Å². The molecule has 8 heteroatoms. The quantitative estimate of drug-likeness (QED) is 0.695. The first-order chi connectivity index (χ1) is 15.0. The van der Waals surface area contributed by atoms with Crippen LogP contribution in [0.25, 0.3) is 0 Å². The van der Waals surface area contributed by atoms with Gasteiger partial charge in [0.2, 0.25) is 0 Å². The summed E-state index contributed by atoms with van der Waals surface area (Å²) in [6, 6.07) is 14.0. The average Bonchev–Trinajstić information content (AvgIpc) is 3.02. The SMILES string of the molecule is COc1cccc(CNC(=O)c2ccc(CN3C(=O)NC4(CCOCC4)C3=O)cc2)c1. The van der Waals surface area contributed by atoms with Crippen LogP contribution in [-0.2, 0) is 22.6 Å². The molecule has 8 nitrogen and oxygen atoms in total. The smallest absolute Gasteiger partial charge is 0.325 e. The predicted molar refractivity (Wildman–Crippen MR) is 112 cm³/mol. The molecule has 0 saturated carbocycles. The number of imide groups is 1. The highest BCUT2D eigenvalue weighted by molar-refractivity contribution is 6.07. The Morgan fingerprint density at radius 1 is 1.13 bits per heavy atom. The van der Waals surface area contributed by atoms with Crippen molar-refractivity contribution in [3.8, 4) is 5.75 Å². The molecule has 0 bridgehead atoms. The highest BCUT2D eigenvalue weighted by atomic mass is 16.5. The fourth-order valence-electron chi connectivity index (χ4n) is 3.89. The molecule has 2 aliphatic heterocycles. The van der Waals surface area contributed by atoms with Crippen molar-refractivity contribution < 1.29 is 23.9 Å². The zero-order valence-electron chi connectivity index (χ0n) is 17.3. The number of urea groups is 1. The minimum Gasteiger partial charge on any atom is -0.497 e. The average molecular weight is 423 g/mol.